The molecule has 3 aromatic heterocycles. The molecular weight excluding hydrogens is 439 g/mol. The number of nitrogens with zero attached hydrogens (tertiary/aromatic N) is 6. The van der Waals surface area contributed by atoms with E-state index in [1.165, 1.54) is 23.5 Å². The molecule has 0 amide bonds. The Morgan fingerprint density at radius 2 is 1.88 bits per heavy atom. The van der Waals surface area contributed by atoms with Gasteiger partial charge < -0.3 is 11.1 Å². The fraction of sp³-hybridized carbons (Fsp3) is 0.130. The van der Waals surface area contributed by atoms with Gasteiger partial charge in [-0.3, -0.25) is 0 Å². The lowest BCUT2D eigenvalue weighted by Gasteiger charge is -2.02. The van der Waals surface area contributed by atoms with Gasteiger partial charge in [0.1, 0.15) is 23.3 Å². The van der Waals surface area contributed by atoms with Crippen molar-refractivity contribution < 1.29 is 4.39 Å². The summed E-state index contributed by atoms with van der Waals surface area (Å²) < 4.78 is 16.4. The summed E-state index contributed by atoms with van der Waals surface area (Å²) in [5.74, 6) is 0.0746. The molecule has 0 spiro atoms. The number of hydrogen-bond acceptors (Lipinski definition) is 7. The molecule has 10 heteroatoms. The second-order valence-electron chi connectivity index (χ2n) is 7.36. The van der Waals surface area contributed by atoms with Crippen LogP contribution in [0.1, 0.15) is 17.7 Å². The van der Waals surface area contributed by atoms with E-state index in [0.717, 1.165) is 33.5 Å². The van der Waals surface area contributed by atoms with Crippen molar-refractivity contribution in [2.45, 2.75) is 12.8 Å². The average Bonchev–Trinajstić information content (AvgIpc) is 3.49. The number of nitrogen functional groups attached to an aromatic ring is 1. The standard InChI is InChI=1S/C23H19FN8S/c24-16-10-8-15(9-11-16)20-14-31-23(28-20)33-22(30-31)27-12-4-7-19-18(13-25)21(26)32(29-19)17-5-2-1-3-6-17/h1-3,5-6,8-11,14H,4,7,12,26H2,(H,27,30). The summed E-state index contributed by atoms with van der Waals surface area (Å²) >= 11 is 1.44. The number of halogens is 1. The molecule has 164 valence electrons. The van der Waals surface area contributed by atoms with E-state index in [0.29, 0.717) is 30.0 Å². The minimum atomic E-state index is -0.277. The van der Waals surface area contributed by atoms with E-state index in [9.17, 15) is 9.65 Å². The highest BCUT2D eigenvalue weighted by molar-refractivity contribution is 7.20. The van der Waals surface area contributed by atoms with Gasteiger partial charge in [-0.2, -0.15) is 10.4 Å². The van der Waals surface area contributed by atoms with Gasteiger partial charge in [-0.25, -0.2) is 18.6 Å². The van der Waals surface area contributed by atoms with Crippen molar-refractivity contribution in [3.63, 3.8) is 0 Å². The van der Waals surface area contributed by atoms with Gasteiger partial charge in [0.25, 0.3) is 0 Å². The third kappa shape index (κ3) is 4.14. The summed E-state index contributed by atoms with van der Waals surface area (Å²) in [5, 5.41) is 22.6. The molecule has 0 radical (unpaired) electrons. The van der Waals surface area contributed by atoms with Gasteiger partial charge in [-0.1, -0.05) is 29.5 Å². The Kier molecular flexibility index (Phi) is 5.46. The van der Waals surface area contributed by atoms with Crippen LogP contribution in [-0.4, -0.2) is 30.9 Å². The van der Waals surface area contributed by atoms with Gasteiger partial charge in [0, 0.05) is 12.1 Å². The molecule has 8 nitrogen and oxygen atoms in total. The third-order valence-corrected chi connectivity index (χ3v) is 6.04. The molecule has 0 saturated heterocycles. The van der Waals surface area contributed by atoms with Crippen molar-refractivity contribution in [1.29, 1.82) is 5.26 Å². The first-order chi connectivity index (χ1) is 16.1. The Morgan fingerprint density at radius 1 is 1.09 bits per heavy atom. The summed E-state index contributed by atoms with van der Waals surface area (Å²) in [5.41, 5.74) is 9.66. The molecule has 33 heavy (non-hydrogen) atoms. The Hall–Kier alpha value is -4.23. The topological polar surface area (TPSA) is 110 Å². The SMILES string of the molecule is N#Cc1c(CCCNc2nn3cc(-c4ccc(F)cc4)nc3s2)nn(-c2ccccc2)c1N. The highest BCUT2D eigenvalue weighted by atomic mass is 32.1. The number of fused-ring (bicyclic) bond motifs is 1. The van der Waals surface area contributed by atoms with Gasteiger partial charge in [0.15, 0.2) is 0 Å². The number of aryl methyl sites for hydroxylation is 1. The van der Waals surface area contributed by atoms with Crippen LogP contribution >= 0.6 is 11.3 Å². The minimum absolute atomic E-state index is 0.277. The molecule has 5 aromatic rings. The van der Waals surface area contributed by atoms with Crippen LogP contribution in [0.5, 0.6) is 0 Å². The number of aromatic nitrogens is 5. The summed E-state index contributed by atoms with van der Waals surface area (Å²) in [6, 6.07) is 17.9. The van der Waals surface area contributed by atoms with Crippen molar-refractivity contribution in [2.24, 2.45) is 0 Å². The average molecular weight is 459 g/mol. The number of nitrogens with one attached hydrogen (secondary N) is 1. The highest BCUT2D eigenvalue weighted by Crippen LogP contribution is 2.25. The smallest absolute Gasteiger partial charge is 0.214 e. The number of nitrogens with two attached hydrogens (primary N) is 1. The van der Waals surface area contributed by atoms with Crippen molar-refractivity contribution in [3.8, 4) is 23.0 Å². The second-order valence-corrected chi connectivity index (χ2v) is 8.32. The molecule has 0 bridgehead atoms. The van der Waals surface area contributed by atoms with Crippen LogP contribution in [0.2, 0.25) is 0 Å². The molecule has 0 aliphatic carbocycles. The Morgan fingerprint density at radius 3 is 2.61 bits per heavy atom. The number of hydrogen-bond donors (Lipinski definition) is 2. The number of rotatable bonds is 7. The molecule has 0 aliphatic rings. The molecule has 0 aliphatic heterocycles. The fourth-order valence-electron chi connectivity index (χ4n) is 3.52. The quantitative estimate of drug-likeness (QED) is 0.352. The van der Waals surface area contributed by atoms with Gasteiger partial charge in [-0.15, -0.1) is 5.10 Å². The molecule has 3 heterocycles. The molecule has 5 rings (SSSR count). The zero-order valence-corrected chi connectivity index (χ0v) is 18.3. The number of nitriles is 1. The number of para-hydroxylation sites is 1. The maximum Gasteiger partial charge on any atom is 0.214 e. The van der Waals surface area contributed by atoms with Crippen molar-refractivity contribution in [2.75, 3.05) is 17.6 Å². The third-order valence-electron chi connectivity index (χ3n) is 5.16. The highest BCUT2D eigenvalue weighted by Gasteiger charge is 2.16. The fourth-order valence-corrected chi connectivity index (χ4v) is 4.33. The van der Waals surface area contributed by atoms with Crippen LogP contribution in [0.15, 0.2) is 60.8 Å². The number of anilines is 2. The molecule has 0 unspecified atom stereocenters. The molecule has 0 fully saturated rings. The van der Waals surface area contributed by atoms with E-state index in [-0.39, 0.29) is 5.82 Å². The van der Waals surface area contributed by atoms with Crippen LogP contribution < -0.4 is 11.1 Å². The summed E-state index contributed by atoms with van der Waals surface area (Å²) in [7, 11) is 0. The normalized spacial score (nSPS) is 11.0. The molecule has 3 N–H and O–H groups in total. The largest absolute Gasteiger partial charge is 0.382 e. The van der Waals surface area contributed by atoms with E-state index < -0.39 is 0 Å². The summed E-state index contributed by atoms with van der Waals surface area (Å²) in [4.78, 5) is 5.32. The lowest BCUT2D eigenvalue weighted by Crippen LogP contribution is -2.04. The van der Waals surface area contributed by atoms with E-state index >= 15 is 0 Å². The lowest BCUT2D eigenvalue weighted by atomic mass is 10.1. The van der Waals surface area contributed by atoms with Crippen molar-refractivity contribution >= 4 is 27.2 Å². The molecular formula is C23H19FN8S. The molecule has 0 saturated carbocycles. The van der Waals surface area contributed by atoms with E-state index in [2.05, 4.69) is 26.6 Å². The van der Waals surface area contributed by atoms with Crippen molar-refractivity contribution in [1.82, 2.24) is 24.4 Å². The van der Waals surface area contributed by atoms with E-state index in [1.54, 1.807) is 21.3 Å². The number of benzene rings is 2. The Labute approximate surface area is 192 Å². The van der Waals surface area contributed by atoms with Crippen LogP contribution in [0.3, 0.4) is 0 Å². The van der Waals surface area contributed by atoms with Crippen LogP contribution in [0.25, 0.3) is 21.9 Å². The first kappa shape index (κ1) is 20.7. The minimum Gasteiger partial charge on any atom is -0.382 e. The van der Waals surface area contributed by atoms with E-state index in [4.69, 9.17) is 5.73 Å². The first-order valence-electron chi connectivity index (χ1n) is 10.3. The van der Waals surface area contributed by atoms with Crippen LogP contribution in [0.4, 0.5) is 15.3 Å². The maximum absolute atomic E-state index is 13.1. The molecule has 2 aromatic carbocycles. The van der Waals surface area contributed by atoms with Crippen LogP contribution in [-0.2, 0) is 6.42 Å². The first-order valence-corrected chi connectivity index (χ1v) is 11.1. The predicted octanol–water partition coefficient (Wildman–Crippen LogP) is 4.28. The zero-order chi connectivity index (χ0) is 22.8. The monoisotopic (exact) mass is 458 g/mol. The van der Waals surface area contributed by atoms with Crippen LogP contribution in [0, 0.1) is 17.1 Å². The second kappa shape index (κ2) is 8.72. The lowest BCUT2D eigenvalue weighted by molar-refractivity contribution is 0.628. The van der Waals surface area contributed by atoms with Crippen molar-refractivity contribution in [3.05, 3.63) is 77.9 Å². The summed E-state index contributed by atoms with van der Waals surface area (Å²) in [6.07, 6.45) is 3.18. The summed E-state index contributed by atoms with van der Waals surface area (Å²) in [6.45, 7) is 0.657. The predicted molar refractivity (Wildman–Crippen MR) is 126 cm³/mol. The van der Waals surface area contributed by atoms with Gasteiger partial charge >= 0.3 is 0 Å². The Balaban J connectivity index is 1.22. The zero-order valence-electron chi connectivity index (χ0n) is 17.4. The molecule has 0 atom stereocenters. The Bertz CT molecular complexity index is 1410. The van der Waals surface area contributed by atoms with Gasteiger partial charge in [0.05, 0.1) is 23.3 Å². The van der Waals surface area contributed by atoms with E-state index in [1.807, 2.05) is 36.5 Å². The maximum atomic E-state index is 13.1. The number of imidazole rings is 1. The van der Waals surface area contributed by atoms with Gasteiger partial charge in [-0.05, 0) is 49.2 Å². The van der Waals surface area contributed by atoms with Gasteiger partial charge in [0.2, 0.25) is 10.1 Å².